The van der Waals surface area contributed by atoms with Crippen LogP contribution in [0.15, 0.2) is 0 Å². The number of unbranched alkanes of at least 4 members (excludes halogenated alkanes) is 12. The molecule has 1 aliphatic heterocycles. The van der Waals surface area contributed by atoms with Crippen molar-refractivity contribution in [2.45, 2.75) is 129 Å². The van der Waals surface area contributed by atoms with Crippen molar-refractivity contribution in [3.05, 3.63) is 0 Å². The molecule has 1 rings (SSSR count). The van der Waals surface area contributed by atoms with Crippen LogP contribution in [0.1, 0.15) is 117 Å². The van der Waals surface area contributed by atoms with Gasteiger partial charge in [-0.3, -0.25) is 0 Å². The van der Waals surface area contributed by atoms with Crippen LogP contribution in [0.4, 0.5) is 0 Å². The minimum Gasteiger partial charge on any atom is -0.375 e. The maximum atomic E-state index is 5.87. The Labute approximate surface area is 134 Å². The molecule has 0 aromatic rings. The zero-order valence-electron chi connectivity index (χ0n) is 14.9. The zero-order chi connectivity index (χ0) is 15.2. The van der Waals surface area contributed by atoms with Gasteiger partial charge in [0.25, 0.3) is 0 Å². The van der Waals surface area contributed by atoms with Crippen molar-refractivity contribution in [1.82, 2.24) is 0 Å². The Balaban J connectivity index is 1.69. The van der Waals surface area contributed by atoms with Gasteiger partial charge in [0.05, 0.1) is 12.2 Å². The van der Waals surface area contributed by atoms with Crippen molar-refractivity contribution in [1.29, 1.82) is 0 Å². The van der Waals surface area contributed by atoms with Crippen LogP contribution in [0.2, 0.25) is 0 Å². The molecule has 0 aliphatic carbocycles. The molecule has 0 aromatic carbocycles. The lowest BCUT2D eigenvalue weighted by molar-refractivity contribution is 0.0494. The first-order valence-corrected chi connectivity index (χ1v) is 9.98. The summed E-state index contributed by atoms with van der Waals surface area (Å²) >= 11 is 0. The third kappa shape index (κ3) is 11.2. The van der Waals surface area contributed by atoms with Gasteiger partial charge in [0.15, 0.2) is 0 Å². The molecule has 21 heavy (non-hydrogen) atoms. The molecular weight excluding hydrogens is 256 g/mol. The summed E-state index contributed by atoms with van der Waals surface area (Å²) < 4.78 is 5.87. The molecule has 1 aliphatic rings. The molecular formula is C20H40O. The van der Waals surface area contributed by atoms with Gasteiger partial charge in [-0.2, -0.15) is 0 Å². The van der Waals surface area contributed by atoms with E-state index in [1.807, 2.05) is 0 Å². The lowest BCUT2D eigenvalue weighted by Gasteiger charge is -2.10. The fourth-order valence-electron chi connectivity index (χ4n) is 3.49. The van der Waals surface area contributed by atoms with Crippen molar-refractivity contribution < 1.29 is 4.74 Å². The van der Waals surface area contributed by atoms with Crippen LogP contribution in [-0.4, -0.2) is 12.2 Å². The van der Waals surface area contributed by atoms with E-state index in [4.69, 9.17) is 4.74 Å². The van der Waals surface area contributed by atoms with Gasteiger partial charge in [-0.15, -0.1) is 0 Å². The summed E-state index contributed by atoms with van der Waals surface area (Å²) in [4.78, 5) is 0. The van der Waals surface area contributed by atoms with Crippen molar-refractivity contribution in [2.75, 3.05) is 0 Å². The molecule has 0 saturated carbocycles. The van der Waals surface area contributed by atoms with Gasteiger partial charge in [-0.05, 0) is 26.2 Å². The molecule has 0 amide bonds. The summed E-state index contributed by atoms with van der Waals surface area (Å²) in [6.45, 7) is 4.51. The van der Waals surface area contributed by atoms with Gasteiger partial charge in [0.2, 0.25) is 0 Å². The average molecular weight is 297 g/mol. The molecule has 1 saturated heterocycles. The molecule has 1 fully saturated rings. The Kier molecular flexibility index (Phi) is 12.3. The topological polar surface area (TPSA) is 9.23 Å². The Morgan fingerprint density at radius 3 is 1.57 bits per heavy atom. The molecule has 0 aromatic heterocycles. The standard InChI is InChI=1S/C20H40O/c1-3-4-5-6-7-8-9-10-11-12-13-14-15-16-20-18-17-19(2)21-20/h19-20H,3-18H2,1-2H3. The highest BCUT2D eigenvalue weighted by atomic mass is 16.5. The second kappa shape index (κ2) is 13.6. The summed E-state index contributed by atoms with van der Waals surface area (Å²) in [5, 5.41) is 0. The maximum absolute atomic E-state index is 5.87. The third-order valence-corrected chi connectivity index (χ3v) is 4.95. The Morgan fingerprint density at radius 2 is 1.14 bits per heavy atom. The Bertz CT molecular complexity index is 214. The quantitative estimate of drug-likeness (QED) is 0.312. The number of ether oxygens (including phenoxy) is 1. The molecule has 0 radical (unpaired) electrons. The fraction of sp³-hybridized carbons (Fsp3) is 1.00. The second-order valence-corrected chi connectivity index (χ2v) is 7.18. The highest BCUT2D eigenvalue weighted by Gasteiger charge is 2.20. The van der Waals surface area contributed by atoms with Crippen LogP contribution in [-0.2, 0) is 4.74 Å². The lowest BCUT2D eigenvalue weighted by atomic mass is 10.0. The first kappa shape index (κ1) is 19.0. The first-order chi connectivity index (χ1) is 10.3. The van der Waals surface area contributed by atoms with Crippen molar-refractivity contribution in [2.24, 2.45) is 0 Å². The number of hydrogen-bond donors (Lipinski definition) is 0. The van der Waals surface area contributed by atoms with Crippen LogP contribution in [0.25, 0.3) is 0 Å². The van der Waals surface area contributed by atoms with Gasteiger partial charge < -0.3 is 4.74 Å². The molecule has 0 N–H and O–H groups in total. The number of rotatable bonds is 14. The molecule has 2 unspecified atom stereocenters. The van der Waals surface area contributed by atoms with E-state index in [0.717, 1.165) is 0 Å². The largest absolute Gasteiger partial charge is 0.375 e. The average Bonchev–Trinajstić information content (AvgIpc) is 2.89. The molecule has 1 heterocycles. The number of hydrogen-bond acceptors (Lipinski definition) is 1. The molecule has 126 valence electrons. The second-order valence-electron chi connectivity index (χ2n) is 7.18. The van der Waals surface area contributed by atoms with E-state index in [9.17, 15) is 0 Å². The van der Waals surface area contributed by atoms with Crippen molar-refractivity contribution in [3.8, 4) is 0 Å². The van der Waals surface area contributed by atoms with E-state index in [0.29, 0.717) is 12.2 Å². The molecule has 0 spiro atoms. The summed E-state index contributed by atoms with van der Waals surface area (Å²) in [5.74, 6) is 0. The minimum atomic E-state index is 0.525. The van der Waals surface area contributed by atoms with Crippen LogP contribution >= 0.6 is 0 Å². The zero-order valence-corrected chi connectivity index (χ0v) is 14.9. The van der Waals surface area contributed by atoms with E-state index < -0.39 is 0 Å². The van der Waals surface area contributed by atoms with Gasteiger partial charge >= 0.3 is 0 Å². The smallest absolute Gasteiger partial charge is 0.0579 e. The Hall–Kier alpha value is -0.0400. The summed E-state index contributed by atoms with van der Waals surface area (Å²) in [7, 11) is 0. The van der Waals surface area contributed by atoms with E-state index in [1.165, 1.54) is 103 Å². The van der Waals surface area contributed by atoms with Crippen LogP contribution in [0.5, 0.6) is 0 Å². The third-order valence-electron chi connectivity index (χ3n) is 4.95. The molecule has 0 bridgehead atoms. The van der Waals surface area contributed by atoms with Crippen LogP contribution in [0, 0.1) is 0 Å². The maximum Gasteiger partial charge on any atom is 0.0579 e. The molecule has 1 nitrogen and oxygen atoms in total. The normalized spacial score (nSPS) is 22.0. The molecule has 2 atom stereocenters. The predicted octanol–water partition coefficient (Wildman–Crippen LogP) is 7.04. The van der Waals surface area contributed by atoms with E-state index in [1.54, 1.807) is 0 Å². The van der Waals surface area contributed by atoms with Crippen molar-refractivity contribution >= 4 is 0 Å². The van der Waals surface area contributed by atoms with Crippen molar-refractivity contribution in [3.63, 3.8) is 0 Å². The van der Waals surface area contributed by atoms with Gasteiger partial charge in [-0.25, -0.2) is 0 Å². The van der Waals surface area contributed by atoms with E-state index in [-0.39, 0.29) is 0 Å². The highest BCUT2D eigenvalue weighted by Crippen LogP contribution is 2.23. The summed E-state index contributed by atoms with van der Waals surface area (Å²) in [6, 6.07) is 0. The Morgan fingerprint density at radius 1 is 0.667 bits per heavy atom. The van der Waals surface area contributed by atoms with Gasteiger partial charge in [0.1, 0.15) is 0 Å². The lowest BCUT2D eigenvalue weighted by Crippen LogP contribution is -2.07. The van der Waals surface area contributed by atoms with Crippen LogP contribution < -0.4 is 0 Å². The van der Waals surface area contributed by atoms with E-state index in [2.05, 4.69) is 13.8 Å². The first-order valence-electron chi connectivity index (χ1n) is 9.98. The van der Waals surface area contributed by atoms with Crippen LogP contribution in [0.3, 0.4) is 0 Å². The van der Waals surface area contributed by atoms with E-state index >= 15 is 0 Å². The summed E-state index contributed by atoms with van der Waals surface area (Å²) in [5.41, 5.74) is 0. The monoisotopic (exact) mass is 296 g/mol. The van der Waals surface area contributed by atoms with Gasteiger partial charge in [-0.1, -0.05) is 90.4 Å². The summed E-state index contributed by atoms with van der Waals surface area (Å²) in [6.07, 6.45) is 23.8. The highest BCUT2D eigenvalue weighted by molar-refractivity contribution is 4.70. The van der Waals surface area contributed by atoms with Gasteiger partial charge in [0, 0.05) is 0 Å². The minimum absolute atomic E-state index is 0.525. The predicted molar refractivity (Wildman–Crippen MR) is 93.9 cm³/mol. The SMILES string of the molecule is CCCCCCCCCCCCCCCC1CCC(C)O1. The fourth-order valence-corrected chi connectivity index (χ4v) is 3.49. The molecule has 1 heteroatoms.